The fourth-order valence-electron chi connectivity index (χ4n) is 6.06. The highest BCUT2D eigenvalue weighted by molar-refractivity contribution is 7.91. The average molecular weight is 446 g/mol. The first kappa shape index (κ1) is 20.8. The van der Waals surface area contributed by atoms with Crippen molar-refractivity contribution in [2.24, 2.45) is 5.41 Å². The predicted octanol–water partition coefficient (Wildman–Crippen LogP) is 4.16. The molecule has 0 amide bonds. The third-order valence-corrected chi connectivity index (χ3v) is 9.62. The first-order chi connectivity index (χ1) is 14.1. The smallest absolute Gasteiger partial charge is 0.300 e. The lowest BCUT2D eigenvalue weighted by Crippen LogP contribution is -2.49. The van der Waals surface area contributed by atoms with Crippen LogP contribution >= 0.6 is 0 Å². The van der Waals surface area contributed by atoms with Gasteiger partial charge >= 0.3 is 6.18 Å². The molecule has 9 heteroatoms. The maximum Gasteiger partial charge on any atom is 0.435 e. The van der Waals surface area contributed by atoms with Gasteiger partial charge in [-0.15, -0.1) is 0 Å². The molecule has 1 spiro atoms. The number of likely N-dealkylation sites (tertiary alicyclic amines) is 1. The topological polar surface area (TPSA) is 55.2 Å². The Bertz CT molecular complexity index is 901. The van der Waals surface area contributed by atoms with Gasteiger partial charge in [-0.05, 0) is 75.8 Å². The molecule has 1 unspecified atom stereocenters. The second-order valence-electron chi connectivity index (χ2n) is 10.0. The minimum atomic E-state index is -4.39. The van der Waals surface area contributed by atoms with Crippen LogP contribution in [0.25, 0.3) is 0 Å². The number of hydrogen-bond donors (Lipinski definition) is 0. The monoisotopic (exact) mass is 445 g/mol. The molecule has 0 N–H and O–H groups in total. The van der Waals surface area contributed by atoms with Crippen molar-refractivity contribution in [2.45, 2.75) is 82.0 Å². The summed E-state index contributed by atoms with van der Waals surface area (Å²) in [7, 11) is -2.90. The lowest BCUT2D eigenvalue weighted by atomic mass is 9.77. The number of piperidine rings is 1. The Hall–Kier alpha value is -1.09. The summed E-state index contributed by atoms with van der Waals surface area (Å²) in [5.41, 5.74) is -0.0626. The number of hydrogen-bond acceptors (Lipinski definition) is 4. The normalized spacial score (nSPS) is 35.2. The number of alkyl halides is 3. The van der Waals surface area contributed by atoms with Crippen LogP contribution in [0.1, 0.15) is 81.1 Å². The van der Waals surface area contributed by atoms with Crippen molar-refractivity contribution in [1.29, 1.82) is 0 Å². The molecular formula is C21H30F3N3O2S. The standard InChI is InChI=1S/C21H30F3N3O2S/c22-21(23,24)19-12-18(27(25-19)17-6-7-17)15-2-4-16(5-3-15)26-10-1-8-20(13-26)9-11-30(28,29)14-20/h12,15-17H,1-11,13-14H2. The summed E-state index contributed by atoms with van der Waals surface area (Å²) >= 11 is 0. The summed E-state index contributed by atoms with van der Waals surface area (Å²) < 4.78 is 65.4. The molecule has 30 heavy (non-hydrogen) atoms. The van der Waals surface area contributed by atoms with Gasteiger partial charge < -0.3 is 0 Å². The van der Waals surface area contributed by atoms with Gasteiger partial charge in [-0.2, -0.15) is 18.3 Å². The molecule has 4 fully saturated rings. The quantitative estimate of drug-likeness (QED) is 0.701. The molecule has 2 saturated carbocycles. The lowest BCUT2D eigenvalue weighted by molar-refractivity contribution is -0.141. The first-order valence-corrected chi connectivity index (χ1v) is 13.1. The maximum absolute atomic E-state index is 13.2. The van der Waals surface area contributed by atoms with Crippen molar-refractivity contribution in [3.63, 3.8) is 0 Å². The van der Waals surface area contributed by atoms with E-state index in [1.165, 1.54) is 6.07 Å². The Morgan fingerprint density at radius 3 is 2.33 bits per heavy atom. The fraction of sp³-hybridized carbons (Fsp3) is 0.857. The third kappa shape index (κ3) is 4.04. The minimum Gasteiger partial charge on any atom is -0.300 e. The summed E-state index contributed by atoms with van der Waals surface area (Å²) in [5.74, 6) is 0.781. The Labute approximate surface area is 175 Å². The van der Waals surface area contributed by atoms with Crippen molar-refractivity contribution >= 4 is 9.84 Å². The molecule has 2 aliphatic carbocycles. The maximum atomic E-state index is 13.2. The molecule has 3 heterocycles. The van der Waals surface area contributed by atoms with Crippen LogP contribution in [0.5, 0.6) is 0 Å². The molecule has 5 rings (SSSR count). The van der Waals surface area contributed by atoms with Crippen LogP contribution in [0.4, 0.5) is 13.2 Å². The van der Waals surface area contributed by atoms with E-state index in [0.717, 1.165) is 76.6 Å². The van der Waals surface area contributed by atoms with Crippen LogP contribution in [-0.4, -0.2) is 53.7 Å². The highest BCUT2D eigenvalue weighted by Crippen LogP contribution is 2.45. The van der Waals surface area contributed by atoms with Gasteiger partial charge in [0.15, 0.2) is 15.5 Å². The van der Waals surface area contributed by atoms with Crippen LogP contribution in [0.15, 0.2) is 6.07 Å². The zero-order valence-corrected chi connectivity index (χ0v) is 18.0. The molecule has 0 radical (unpaired) electrons. The highest BCUT2D eigenvalue weighted by atomic mass is 32.2. The van der Waals surface area contributed by atoms with E-state index in [4.69, 9.17) is 0 Å². The zero-order chi connectivity index (χ0) is 21.1. The van der Waals surface area contributed by atoms with E-state index in [1.54, 1.807) is 4.68 Å². The van der Waals surface area contributed by atoms with Gasteiger partial charge in [0.1, 0.15) is 0 Å². The number of rotatable bonds is 3. The van der Waals surface area contributed by atoms with Gasteiger partial charge in [-0.25, -0.2) is 8.42 Å². The minimum absolute atomic E-state index is 0.0693. The lowest BCUT2D eigenvalue weighted by Gasteiger charge is -2.45. The summed E-state index contributed by atoms with van der Waals surface area (Å²) in [5, 5.41) is 3.91. The molecule has 168 valence electrons. The zero-order valence-electron chi connectivity index (χ0n) is 17.2. The molecule has 1 aromatic heterocycles. The highest BCUT2D eigenvalue weighted by Gasteiger charge is 2.46. The number of sulfone groups is 1. The summed E-state index contributed by atoms with van der Waals surface area (Å²) in [4.78, 5) is 2.49. The predicted molar refractivity (Wildman–Crippen MR) is 107 cm³/mol. The number of halogens is 3. The van der Waals surface area contributed by atoms with Crippen LogP contribution in [0.3, 0.4) is 0 Å². The fourth-order valence-corrected chi connectivity index (χ4v) is 8.26. The largest absolute Gasteiger partial charge is 0.435 e. The van der Waals surface area contributed by atoms with Gasteiger partial charge in [0.2, 0.25) is 0 Å². The van der Waals surface area contributed by atoms with Crippen LogP contribution in [0.2, 0.25) is 0 Å². The molecule has 1 atom stereocenters. The van der Waals surface area contributed by atoms with E-state index in [-0.39, 0.29) is 17.4 Å². The van der Waals surface area contributed by atoms with Crippen molar-refractivity contribution < 1.29 is 21.6 Å². The van der Waals surface area contributed by atoms with E-state index >= 15 is 0 Å². The Morgan fingerprint density at radius 2 is 1.73 bits per heavy atom. The Kier molecular flexibility index (Phi) is 5.00. The van der Waals surface area contributed by atoms with Gasteiger partial charge in [-0.1, -0.05) is 0 Å². The second-order valence-corrected chi connectivity index (χ2v) is 12.2. The number of aromatic nitrogens is 2. The number of nitrogens with zero attached hydrogens (tertiary/aromatic N) is 3. The molecule has 2 aliphatic heterocycles. The van der Waals surface area contributed by atoms with Gasteiger partial charge in [0.05, 0.1) is 17.5 Å². The Morgan fingerprint density at radius 1 is 1.03 bits per heavy atom. The van der Waals surface area contributed by atoms with Gasteiger partial charge in [0, 0.05) is 24.2 Å². The first-order valence-electron chi connectivity index (χ1n) is 11.3. The van der Waals surface area contributed by atoms with E-state index in [1.807, 2.05) is 0 Å². The van der Waals surface area contributed by atoms with E-state index in [2.05, 4.69) is 10.00 Å². The third-order valence-electron chi connectivity index (χ3n) is 7.74. The molecule has 4 aliphatic rings. The van der Waals surface area contributed by atoms with Crippen molar-refractivity contribution in [2.75, 3.05) is 24.6 Å². The van der Waals surface area contributed by atoms with Gasteiger partial charge in [-0.3, -0.25) is 9.58 Å². The molecule has 2 saturated heterocycles. The second kappa shape index (κ2) is 7.22. The Balaban J connectivity index is 1.25. The van der Waals surface area contributed by atoms with Crippen LogP contribution in [-0.2, 0) is 16.0 Å². The van der Waals surface area contributed by atoms with Gasteiger partial charge in [0.25, 0.3) is 0 Å². The van der Waals surface area contributed by atoms with Crippen molar-refractivity contribution in [3.05, 3.63) is 17.5 Å². The molecule has 5 nitrogen and oxygen atoms in total. The summed E-state index contributed by atoms with van der Waals surface area (Å²) in [6, 6.07) is 1.84. The SMILES string of the molecule is O=S1(=O)CCC2(CCCN(C3CCC(c4cc(C(F)(F)F)nn4C4CC4)CC3)C2)C1. The average Bonchev–Trinajstić information content (AvgIpc) is 3.36. The molecule has 0 aromatic carbocycles. The molecule has 1 aromatic rings. The van der Waals surface area contributed by atoms with Crippen LogP contribution < -0.4 is 0 Å². The molecular weight excluding hydrogens is 415 g/mol. The van der Waals surface area contributed by atoms with Crippen molar-refractivity contribution in [1.82, 2.24) is 14.7 Å². The van der Waals surface area contributed by atoms with Crippen LogP contribution in [0, 0.1) is 5.41 Å². The summed E-state index contributed by atoms with van der Waals surface area (Å²) in [6.45, 7) is 1.87. The van der Waals surface area contributed by atoms with Crippen molar-refractivity contribution in [3.8, 4) is 0 Å². The molecule has 0 bridgehead atoms. The van der Waals surface area contributed by atoms with E-state index < -0.39 is 21.7 Å². The van der Waals surface area contributed by atoms with E-state index in [0.29, 0.717) is 17.5 Å². The summed E-state index contributed by atoms with van der Waals surface area (Å²) in [6.07, 6.45) is 3.94. The van der Waals surface area contributed by atoms with E-state index in [9.17, 15) is 21.6 Å².